The maximum atomic E-state index is 12.3. The van der Waals surface area contributed by atoms with Gasteiger partial charge in [-0.1, -0.05) is 36.8 Å². The molecule has 0 unspecified atom stereocenters. The van der Waals surface area contributed by atoms with Gasteiger partial charge in [-0.2, -0.15) is 0 Å². The summed E-state index contributed by atoms with van der Waals surface area (Å²) < 4.78 is 0. The SMILES string of the molecule is C[C@H](NC(=O)N[C@@H]1C[C@H]2C[C@H]1[C@@H]1CCC[C@@H]21)c1ccccc1. The molecule has 0 aliphatic heterocycles. The number of carbonyl (C=O) groups excluding carboxylic acids is 1. The number of carbonyl (C=O) groups is 1. The predicted molar refractivity (Wildman–Crippen MR) is 87.4 cm³/mol. The Kier molecular flexibility index (Phi) is 3.59. The van der Waals surface area contributed by atoms with Crippen LogP contribution in [0.1, 0.15) is 50.6 Å². The second-order valence-electron chi connectivity index (χ2n) is 7.51. The van der Waals surface area contributed by atoms with Crippen molar-refractivity contribution in [2.24, 2.45) is 23.7 Å². The highest BCUT2D eigenvalue weighted by atomic mass is 16.2. The zero-order valence-corrected chi connectivity index (χ0v) is 13.3. The zero-order valence-electron chi connectivity index (χ0n) is 13.3. The smallest absolute Gasteiger partial charge is 0.315 e. The molecule has 2 amide bonds. The van der Waals surface area contributed by atoms with Crippen molar-refractivity contribution in [1.82, 2.24) is 10.6 Å². The molecule has 4 rings (SSSR count). The molecule has 3 aliphatic carbocycles. The molecule has 0 saturated heterocycles. The highest BCUT2D eigenvalue weighted by Gasteiger charge is 2.54. The number of fused-ring (bicyclic) bond motifs is 5. The number of hydrogen-bond acceptors (Lipinski definition) is 1. The molecule has 2 bridgehead atoms. The zero-order chi connectivity index (χ0) is 15.1. The Morgan fingerprint density at radius 3 is 2.68 bits per heavy atom. The Bertz CT molecular complexity index is 544. The Morgan fingerprint density at radius 2 is 1.86 bits per heavy atom. The Labute approximate surface area is 132 Å². The highest BCUT2D eigenvalue weighted by Crippen LogP contribution is 2.58. The largest absolute Gasteiger partial charge is 0.335 e. The van der Waals surface area contributed by atoms with Crippen LogP contribution in [-0.2, 0) is 0 Å². The van der Waals surface area contributed by atoms with E-state index in [1.807, 2.05) is 25.1 Å². The summed E-state index contributed by atoms with van der Waals surface area (Å²) in [4.78, 5) is 12.3. The van der Waals surface area contributed by atoms with E-state index in [2.05, 4.69) is 22.8 Å². The van der Waals surface area contributed by atoms with Crippen molar-refractivity contribution >= 4 is 6.03 Å². The summed E-state index contributed by atoms with van der Waals surface area (Å²) in [5.74, 6) is 3.51. The van der Waals surface area contributed by atoms with E-state index in [9.17, 15) is 4.79 Å². The molecular formula is C19H26N2O. The summed E-state index contributed by atoms with van der Waals surface area (Å²) in [5.41, 5.74) is 1.15. The number of rotatable bonds is 3. The summed E-state index contributed by atoms with van der Waals surface area (Å²) in [5, 5.41) is 6.37. The third-order valence-electron chi connectivity index (χ3n) is 6.39. The van der Waals surface area contributed by atoms with Crippen molar-refractivity contribution in [3.05, 3.63) is 35.9 Å². The minimum atomic E-state index is 0.00319. The second kappa shape index (κ2) is 5.60. The lowest BCUT2D eigenvalue weighted by molar-refractivity contribution is 0.196. The predicted octanol–water partition coefficient (Wildman–Crippen LogP) is 3.87. The summed E-state index contributed by atoms with van der Waals surface area (Å²) >= 11 is 0. The van der Waals surface area contributed by atoms with Gasteiger partial charge < -0.3 is 10.6 Å². The maximum Gasteiger partial charge on any atom is 0.315 e. The van der Waals surface area contributed by atoms with Gasteiger partial charge in [0.2, 0.25) is 0 Å². The summed E-state index contributed by atoms with van der Waals surface area (Å²) in [6, 6.07) is 10.6. The van der Waals surface area contributed by atoms with Crippen LogP contribution >= 0.6 is 0 Å². The Balaban J connectivity index is 1.33. The molecule has 3 aliphatic rings. The summed E-state index contributed by atoms with van der Waals surface area (Å²) in [7, 11) is 0. The van der Waals surface area contributed by atoms with Crippen molar-refractivity contribution in [2.45, 2.75) is 51.1 Å². The van der Waals surface area contributed by atoms with Crippen LogP contribution in [0.2, 0.25) is 0 Å². The lowest BCUT2D eigenvalue weighted by atomic mass is 9.79. The van der Waals surface area contributed by atoms with Crippen molar-refractivity contribution in [3.8, 4) is 0 Å². The Hall–Kier alpha value is -1.51. The van der Waals surface area contributed by atoms with Crippen LogP contribution in [0.15, 0.2) is 30.3 Å². The molecule has 6 atom stereocenters. The van der Waals surface area contributed by atoms with E-state index < -0.39 is 0 Å². The summed E-state index contributed by atoms with van der Waals surface area (Å²) in [6.45, 7) is 2.04. The van der Waals surface area contributed by atoms with Gasteiger partial charge in [0.05, 0.1) is 6.04 Å². The average Bonchev–Trinajstić information content (AvgIpc) is 3.20. The number of benzene rings is 1. The van der Waals surface area contributed by atoms with E-state index >= 15 is 0 Å². The molecule has 3 fully saturated rings. The lowest BCUT2D eigenvalue weighted by Crippen LogP contribution is -2.47. The highest BCUT2D eigenvalue weighted by molar-refractivity contribution is 5.74. The van der Waals surface area contributed by atoms with Crippen LogP contribution in [0, 0.1) is 23.7 Å². The summed E-state index contributed by atoms with van der Waals surface area (Å²) in [6.07, 6.45) is 6.81. The number of urea groups is 1. The van der Waals surface area contributed by atoms with E-state index in [0.29, 0.717) is 6.04 Å². The van der Waals surface area contributed by atoms with E-state index in [4.69, 9.17) is 0 Å². The van der Waals surface area contributed by atoms with Crippen molar-refractivity contribution in [1.29, 1.82) is 0 Å². The van der Waals surface area contributed by atoms with Gasteiger partial charge in [-0.15, -0.1) is 0 Å². The molecule has 1 aromatic carbocycles. The first kappa shape index (κ1) is 14.1. The van der Waals surface area contributed by atoms with Gasteiger partial charge in [0.1, 0.15) is 0 Å². The van der Waals surface area contributed by atoms with Crippen LogP contribution in [0.3, 0.4) is 0 Å². The van der Waals surface area contributed by atoms with Gasteiger partial charge in [0.15, 0.2) is 0 Å². The van der Waals surface area contributed by atoms with Crippen LogP contribution in [0.4, 0.5) is 4.79 Å². The van der Waals surface area contributed by atoms with Gasteiger partial charge in [-0.3, -0.25) is 0 Å². The van der Waals surface area contributed by atoms with Crippen molar-refractivity contribution in [2.75, 3.05) is 0 Å². The molecule has 3 nitrogen and oxygen atoms in total. The fraction of sp³-hybridized carbons (Fsp3) is 0.632. The second-order valence-corrected chi connectivity index (χ2v) is 7.51. The molecule has 2 N–H and O–H groups in total. The third-order valence-corrected chi connectivity index (χ3v) is 6.39. The number of nitrogens with one attached hydrogen (secondary N) is 2. The van der Waals surface area contributed by atoms with Gasteiger partial charge in [0, 0.05) is 6.04 Å². The van der Waals surface area contributed by atoms with E-state index in [1.54, 1.807) is 0 Å². The normalized spacial score (nSPS) is 36.9. The fourth-order valence-corrected chi connectivity index (χ4v) is 5.47. The van der Waals surface area contributed by atoms with E-state index in [1.165, 1.54) is 32.1 Å². The van der Waals surface area contributed by atoms with Gasteiger partial charge in [0.25, 0.3) is 0 Å². The van der Waals surface area contributed by atoms with Crippen LogP contribution in [-0.4, -0.2) is 12.1 Å². The molecule has 3 heteroatoms. The minimum absolute atomic E-state index is 0.00319. The molecule has 0 heterocycles. The van der Waals surface area contributed by atoms with Crippen molar-refractivity contribution < 1.29 is 4.79 Å². The maximum absolute atomic E-state index is 12.3. The lowest BCUT2D eigenvalue weighted by Gasteiger charge is -2.32. The van der Waals surface area contributed by atoms with Crippen LogP contribution in [0.25, 0.3) is 0 Å². The first-order chi connectivity index (χ1) is 10.7. The molecule has 22 heavy (non-hydrogen) atoms. The number of amides is 2. The molecule has 118 valence electrons. The van der Waals surface area contributed by atoms with E-state index in [-0.39, 0.29) is 12.1 Å². The topological polar surface area (TPSA) is 41.1 Å². The van der Waals surface area contributed by atoms with E-state index in [0.717, 1.165) is 29.2 Å². The fourth-order valence-electron chi connectivity index (χ4n) is 5.47. The first-order valence-electron chi connectivity index (χ1n) is 8.84. The van der Waals surface area contributed by atoms with Gasteiger partial charge in [-0.25, -0.2) is 4.79 Å². The van der Waals surface area contributed by atoms with Crippen LogP contribution < -0.4 is 10.6 Å². The molecule has 0 spiro atoms. The first-order valence-corrected chi connectivity index (χ1v) is 8.84. The molecule has 3 saturated carbocycles. The standard InChI is InChI=1S/C19H26N2O/c1-12(13-6-3-2-4-7-13)20-19(22)21-18-11-14-10-17(18)16-9-5-8-15(14)16/h2-4,6-7,12,14-18H,5,8-11H2,1H3,(H2,20,21,22)/t12-,14+,15-,16+,17-,18+/m0/s1. The van der Waals surface area contributed by atoms with Gasteiger partial charge in [-0.05, 0) is 61.8 Å². The third kappa shape index (κ3) is 2.41. The minimum Gasteiger partial charge on any atom is -0.335 e. The Morgan fingerprint density at radius 1 is 1.09 bits per heavy atom. The number of hydrogen-bond donors (Lipinski definition) is 2. The van der Waals surface area contributed by atoms with Gasteiger partial charge >= 0.3 is 6.03 Å². The quantitative estimate of drug-likeness (QED) is 0.874. The molecule has 0 aromatic heterocycles. The molecule has 1 aromatic rings. The molecular weight excluding hydrogens is 272 g/mol. The monoisotopic (exact) mass is 298 g/mol. The molecule has 0 radical (unpaired) electrons. The van der Waals surface area contributed by atoms with Crippen molar-refractivity contribution in [3.63, 3.8) is 0 Å². The van der Waals surface area contributed by atoms with Crippen LogP contribution in [0.5, 0.6) is 0 Å². The average molecular weight is 298 g/mol.